The Morgan fingerprint density at radius 2 is 1.89 bits per heavy atom. The zero-order valence-corrected chi connectivity index (χ0v) is 12.4. The first kappa shape index (κ1) is 15.9. The second-order valence-corrected chi connectivity index (χ2v) is 6.54. The van der Waals surface area contributed by atoms with Gasteiger partial charge in [-0.1, -0.05) is 0 Å². The summed E-state index contributed by atoms with van der Waals surface area (Å²) < 4.78 is 27.0. The zero-order chi connectivity index (χ0) is 14.6. The molecule has 6 heteroatoms. The minimum absolute atomic E-state index is 0.0534. The van der Waals surface area contributed by atoms with E-state index in [1.54, 1.807) is 19.1 Å². The molecule has 0 aromatic heterocycles. The summed E-state index contributed by atoms with van der Waals surface area (Å²) in [5.74, 6) is 0. The molecular weight excluding hydrogens is 264 g/mol. The number of hydrogen-bond acceptors (Lipinski definition) is 4. The number of benzene rings is 1. The van der Waals surface area contributed by atoms with E-state index in [0.717, 1.165) is 11.1 Å². The lowest BCUT2D eigenvalue weighted by atomic mass is 10.1. The number of nitrogen functional groups attached to an aromatic ring is 1. The van der Waals surface area contributed by atoms with Gasteiger partial charge in [-0.2, -0.15) is 0 Å². The van der Waals surface area contributed by atoms with Crippen LogP contribution in [-0.2, 0) is 10.0 Å². The van der Waals surface area contributed by atoms with Crippen LogP contribution in [0.4, 0.5) is 5.69 Å². The van der Waals surface area contributed by atoms with E-state index in [1.807, 2.05) is 13.8 Å². The average Bonchev–Trinajstić information content (AvgIpc) is 2.30. The quantitative estimate of drug-likeness (QED) is 0.688. The molecule has 0 amide bonds. The maximum atomic E-state index is 12.2. The molecule has 0 spiro atoms. The maximum Gasteiger partial charge on any atom is 0.242 e. The number of aliphatic hydroxyl groups is 1. The van der Waals surface area contributed by atoms with Gasteiger partial charge in [0.05, 0.1) is 5.69 Å². The van der Waals surface area contributed by atoms with Crippen molar-refractivity contribution in [2.75, 3.05) is 12.3 Å². The molecule has 108 valence electrons. The second-order valence-electron chi connectivity index (χ2n) is 4.86. The first-order valence-corrected chi connectivity index (χ1v) is 7.76. The lowest BCUT2D eigenvalue weighted by Crippen LogP contribution is -2.33. The Labute approximate surface area is 114 Å². The topological polar surface area (TPSA) is 92.4 Å². The second kappa shape index (κ2) is 6.36. The van der Waals surface area contributed by atoms with Gasteiger partial charge in [-0.15, -0.1) is 0 Å². The van der Waals surface area contributed by atoms with Crippen LogP contribution >= 0.6 is 0 Å². The number of aliphatic hydroxyl groups excluding tert-OH is 1. The Hall–Kier alpha value is -1.11. The zero-order valence-electron chi connectivity index (χ0n) is 11.6. The minimum Gasteiger partial charge on any atom is -0.398 e. The van der Waals surface area contributed by atoms with Crippen molar-refractivity contribution in [1.82, 2.24) is 4.72 Å². The molecular formula is C13H22N2O3S. The van der Waals surface area contributed by atoms with Crippen LogP contribution < -0.4 is 10.5 Å². The molecule has 0 bridgehead atoms. The van der Waals surface area contributed by atoms with E-state index >= 15 is 0 Å². The molecule has 5 nitrogen and oxygen atoms in total. The van der Waals surface area contributed by atoms with Crippen molar-refractivity contribution in [3.63, 3.8) is 0 Å². The van der Waals surface area contributed by atoms with Crippen molar-refractivity contribution < 1.29 is 13.5 Å². The molecule has 0 fully saturated rings. The number of anilines is 1. The summed E-state index contributed by atoms with van der Waals surface area (Å²) in [6.07, 6.45) is 1.15. The van der Waals surface area contributed by atoms with E-state index in [0.29, 0.717) is 12.8 Å². The van der Waals surface area contributed by atoms with Gasteiger partial charge in [0.1, 0.15) is 4.90 Å². The standard InChI is InChI=1S/C13H22N2O3S/c1-9-7-12(14)13(8-10(9)2)19(17,18)15-11(3)5-4-6-16/h7-8,11,15-16H,4-6,14H2,1-3H3. The summed E-state index contributed by atoms with van der Waals surface area (Å²) >= 11 is 0. The van der Waals surface area contributed by atoms with Crippen LogP contribution in [0.15, 0.2) is 17.0 Å². The fourth-order valence-electron chi connectivity index (χ4n) is 1.83. The molecule has 0 saturated heterocycles. The molecule has 0 heterocycles. The Morgan fingerprint density at radius 1 is 1.32 bits per heavy atom. The first-order chi connectivity index (χ1) is 8.77. The number of aryl methyl sites for hydroxylation is 2. The van der Waals surface area contributed by atoms with Crippen LogP contribution in [0.3, 0.4) is 0 Å². The normalized spacial score (nSPS) is 13.5. The van der Waals surface area contributed by atoms with Gasteiger partial charge < -0.3 is 10.8 Å². The fourth-order valence-corrected chi connectivity index (χ4v) is 3.31. The minimum atomic E-state index is -3.62. The third kappa shape index (κ3) is 4.19. The first-order valence-electron chi connectivity index (χ1n) is 6.28. The van der Waals surface area contributed by atoms with Gasteiger partial charge in [0.25, 0.3) is 0 Å². The Balaban J connectivity index is 2.98. The van der Waals surface area contributed by atoms with Crippen LogP contribution in [0.25, 0.3) is 0 Å². The summed E-state index contributed by atoms with van der Waals surface area (Å²) in [4.78, 5) is 0.117. The highest BCUT2D eigenvalue weighted by Gasteiger charge is 2.20. The van der Waals surface area contributed by atoms with Gasteiger partial charge in [-0.3, -0.25) is 0 Å². The number of nitrogens with two attached hydrogens (primary N) is 1. The number of sulfonamides is 1. The summed E-state index contributed by atoms with van der Waals surface area (Å²) in [6, 6.07) is 3.02. The van der Waals surface area contributed by atoms with E-state index in [-0.39, 0.29) is 23.2 Å². The van der Waals surface area contributed by atoms with Crippen LogP contribution in [0.1, 0.15) is 30.9 Å². The van der Waals surface area contributed by atoms with Gasteiger partial charge >= 0.3 is 0 Å². The predicted octanol–water partition coefficient (Wildman–Crippen LogP) is 1.32. The van der Waals surface area contributed by atoms with Gasteiger partial charge in [0.2, 0.25) is 10.0 Å². The highest BCUT2D eigenvalue weighted by atomic mass is 32.2. The van der Waals surface area contributed by atoms with Gasteiger partial charge in [-0.25, -0.2) is 13.1 Å². The Kier molecular flexibility index (Phi) is 5.34. The fraction of sp³-hybridized carbons (Fsp3) is 0.538. The van der Waals surface area contributed by atoms with Gasteiger partial charge in [0.15, 0.2) is 0 Å². The number of nitrogens with one attached hydrogen (secondary N) is 1. The van der Waals surface area contributed by atoms with Crippen LogP contribution in [-0.4, -0.2) is 26.2 Å². The lowest BCUT2D eigenvalue weighted by Gasteiger charge is -2.16. The highest BCUT2D eigenvalue weighted by Crippen LogP contribution is 2.23. The molecule has 0 aliphatic carbocycles. The number of hydrogen-bond donors (Lipinski definition) is 3. The molecule has 0 saturated carbocycles. The SMILES string of the molecule is Cc1cc(N)c(S(=O)(=O)NC(C)CCCO)cc1C. The van der Waals surface area contributed by atoms with Crippen LogP contribution in [0.2, 0.25) is 0 Å². The largest absolute Gasteiger partial charge is 0.398 e. The van der Waals surface area contributed by atoms with Gasteiger partial charge in [0, 0.05) is 12.6 Å². The Morgan fingerprint density at radius 3 is 2.47 bits per heavy atom. The van der Waals surface area contributed by atoms with Crippen molar-refractivity contribution >= 4 is 15.7 Å². The molecule has 1 rings (SSSR count). The highest BCUT2D eigenvalue weighted by molar-refractivity contribution is 7.89. The number of rotatable bonds is 6. The Bertz CT molecular complexity index is 541. The molecule has 1 aromatic carbocycles. The van der Waals surface area contributed by atoms with Crippen molar-refractivity contribution in [3.05, 3.63) is 23.3 Å². The molecule has 0 aliphatic rings. The van der Waals surface area contributed by atoms with Crippen LogP contribution in [0.5, 0.6) is 0 Å². The third-order valence-corrected chi connectivity index (χ3v) is 4.71. The van der Waals surface area contributed by atoms with E-state index < -0.39 is 10.0 Å². The van der Waals surface area contributed by atoms with Gasteiger partial charge in [-0.05, 0) is 56.9 Å². The van der Waals surface area contributed by atoms with E-state index in [1.165, 1.54) is 0 Å². The summed E-state index contributed by atoms with van der Waals surface area (Å²) in [5.41, 5.74) is 7.90. The van der Waals surface area contributed by atoms with E-state index in [2.05, 4.69) is 4.72 Å². The third-order valence-electron chi connectivity index (χ3n) is 3.07. The molecule has 1 atom stereocenters. The summed E-state index contributed by atoms with van der Waals surface area (Å²) in [5, 5.41) is 8.74. The van der Waals surface area contributed by atoms with Crippen molar-refractivity contribution in [3.8, 4) is 0 Å². The molecule has 19 heavy (non-hydrogen) atoms. The smallest absolute Gasteiger partial charge is 0.242 e. The van der Waals surface area contributed by atoms with Crippen molar-refractivity contribution in [2.24, 2.45) is 0 Å². The molecule has 0 radical (unpaired) electrons. The van der Waals surface area contributed by atoms with E-state index in [4.69, 9.17) is 10.8 Å². The van der Waals surface area contributed by atoms with Crippen molar-refractivity contribution in [1.29, 1.82) is 0 Å². The predicted molar refractivity (Wildman–Crippen MR) is 76.4 cm³/mol. The molecule has 1 unspecified atom stereocenters. The maximum absolute atomic E-state index is 12.2. The van der Waals surface area contributed by atoms with Crippen molar-refractivity contribution in [2.45, 2.75) is 44.6 Å². The van der Waals surface area contributed by atoms with Crippen LogP contribution in [0, 0.1) is 13.8 Å². The summed E-state index contributed by atoms with van der Waals surface area (Å²) in [7, 11) is -3.62. The van der Waals surface area contributed by atoms with E-state index in [9.17, 15) is 8.42 Å². The molecule has 1 aromatic rings. The summed E-state index contributed by atoms with van der Waals surface area (Å²) in [6.45, 7) is 5.56. The molecule has 4 N–H and O–H groups in total. The molecule has 0 aliphatic heterocycles. The monoisotopic (exact) mass is 286 g/mol. The lowest BCUT2D eigenvalue weighted by molar-refractivity contribution is 0.279. The average molecular weight is 286 g/mol.